The first-order chi connectivity index (χ1) is 3.55. The van der Waals surface area contributed by atoms with Crippen molar-refractivity contribution in [1.29, 1.82) is 0 Å². The van der Waals surface area contributed by atoms with Crippen LogP contribution in [0.1, 0.15) is 6.92 Å². The van der Waals surface area contributed by atoms with Crippen LogP contribution in [-0.4, -0.2) is 12.0 Å². The largest absolute Gasteiger partial charge is 1.00 e. The maximum atomic E-state index is 11.3. The van der Waals surface area contributed by atoms with E-state index in [4.69, 9.17) is 0 Å². The Morgan fingerprint density at radius 3 is 1.89 bits per heavy atom. The Morgan fingerprint density at radius 1 is 1.56 bits per heavy atom. The number of halogens is 1. The van der Waals surface area contributed by atoms with Gasteiger partial charge in [0.05, 0.1) is 11.9 Å². The number of hydrogen-bond acceptors (Lipinski definition) is 3. The van der Waals surface area contributed by atoms with E-state index in [2.05, 4.69) is 0 Å². The van der Waals surface area contributed by atoms with Gasteiger partial charge in [-0.2, -0.15) is 4.39 Å². The molecular formula is C4H4FNaO3. The molecule has 1 unspecified atom stereocenters. The molecule has 46 valence electrons. The molecular weight excluding hydrogens is 138 g/mol. The van der Waals surface area contributed by atoms with Gasteiger partial charge in [-0.05, 0) is 6.92 Å². The van der Waals surface area contributed by atoms with Crippen LogP contribution in [0.3, 0.4) is 0 Å². The Morgan fingerprint density at radius 2 is 1.89 bits per heavy atom. The SMILES string of the molecule is CC(C(=O)[O-])C(=O)F.[Na+]. The van der Waals surface area contributed by atoms with E-state index >= 15 is 0 Å². The molecule has 5 heteroatoms. The smallest absolute Gasteiger partial charge is 0.549 e. The third-order valence-electron chi connectivity index (χ3n) is 0.694. The van der Waals surface area contributed by atoms with Gasteiger partial charge in [-0.3, -0.25) is 4.79 Å². The normalized spacial score (nSPS) is 11.3. The summed E-state index contributed by atoms with van der Waals surface area (Å²) in [6, 6.07) is -1.87. The van der Waals surface area contributed by atoms with Gasteiger partial charge in [0, 0.05) is 0 Å². The summed E-state index contributed by atoms with van der Waals surface area (Å²) in [6.45, 7) is 0.928. The topological polar surface area (TPSA) is 57.2 Å². The zero-order valence-electron chi connectivity index (χ0n) is 5.18. The van der Waals surface area contributed by atoms with Crippen molar-refractivity contribution in [2.24, 2.45) is 5.92 Å². The summed E-state index contributed by atoms with van der Waals surface area (Å²) in [5, 5.41) is 9.57. The molecule has 0 N–H and O–H groups in total. The van der Waals surface area contributed by atoms with Crippen LogP contribution >= 0.6 is 0 Å². The van der Waals surface area contributed by atoms with Crippen LogP contribution in [0.2, 0.25) is 0 Å². The molecule has 0 heterocycles. The van der Waals surface area contributed by atoms with Crippen molar-refractivity contribution in [3.63, 3.8) is 0 Å². The quantitative estimate of drug-likeness (QED) is 0.223. The molecule has 0 aliphatic heterocycles. The first-order valence-electron chi connectivity index (χ1n) is 1.96. The Kier molecular flexibility index (Phi) is 6.44. The zero-order chi connectivity index (χ0) is 6.73. The summed E-state index contributed by atoms with van der Waals surface area (Å²) in [4.78, 5) is 19.1. The monoisotopic (exact) mass is 142 g/mol. The molecule has 0 fully saturated rings. The molecule has 0 aromatic rings. The standard InChI is InChI=1S/C4H5FO3.Na/c1-2(3(5)6)4(7)8;/h2H,1H3,(H,7,8);/q;+1/p-1. The van der Waals surface area contributed by atoms with Crippen LogP contribution in [-0.2, 0) is 9.59 Å². The van der Waals surface area contributed by atoms with Gasteiger partial charge >= 0.3 is 35.6 Å². The van der Waals surface area contributed by atoms with Gasteiger partial charge in [0.2, 0.25) is 0 Å². The minimum atomic E-state index is -1.87. The van der Waals surface area contributed by atoms with Crippen LogP contribution < -0.4 is 34.7 Å². The van der Waals surface area contributed by atoms with E-state index in [1.807, 2.05) is 0 Å². The summed E-state index contributed by atoms with van der Waals surface area (Å²) in [6.07, 6.45) is 0. The maximum absolute atomic E-state index is 11.3. The Hall–Kier alpha value is 0.0700. The van der Waals surface area contributed by atoms with Gasteiger partial charge < -0.3 is 9.90 Å². The van der Waals surface area contributed by atoms with Gasteiger partial charge in [-0.1, -0.05) is 0 Å². The Bertz CT molecular complexity index is 111. The van der Waals surface area contributed by atoms with E-state index in [1.165, 1.54) is 0 Å². The number of carboxylic acids is 1. The van der Waals surface area contributed by atoms with Crippen molar-refractivity contribution in [2.75, 3.05) is 0 Å². The fourth-order valence-electron chi connectivity index (χ4n) is 0.0927. The molecule has 0 aromatic carbocycles. The van der Waals surface area contributed by atoms with Crippen LogP contribution in [0, 0.1) is 5.92 Å². The molecule has 0 bridgehead atoms. The number of hydrogen-bond donors (Lipinski definition) is 0. The molecule has 0 rings (SSSR count). The van der Waals surface area contributed by atoms with Gasteiger partial charge in [0.1, 0.15) is 0 Å². The van der Waals surface area contributed by atoms with Crippen LogP contribution in [0.4, 0.5) is 4.39 Å². The molecule has 0 spiro atoms. The predicted molar refractivity (Wildman–Crippen MR) is 20.3 cm³/mol. The fraction of sp³-hybridized carbons (Fsp3) is 0.500. The maximum Gasteiger partial charge on any atom is 1.00 e. The van der Waals surface area contributed by atoms with E-state index in [0.29, 0.717) is 0 Å². The molecule has 0 aliphatic rings. The summed E-state index contributed by atoms with van der Waals surface area (Å²) in [7, 11) is 0. The molecule has 9 heavy (non-hydrogen) atoms. The minimum Gasteiger partial charge on any atom is -0.549 e. The van der Waals surface area contributed by atoms with Crippen LogP contribution in [0.15, 0.2) is 0 Å². The van der Waals surface area contributed by atoms with E-state index in [9.17, 15) is 19.1 Å². The van der Waals surface area contributed by atoms with E-state index < -0.39 is 17.9 Å². The van der Waals surface area contributed by atoms with E-state index in [0.717, 1.165) is 6.92 Å². The summed E-state index contributed by atoms with van der Waals surface area (Å²) in [5.74, 6) is -3.31. The molecule has 0 saturated heterocycles. The Balaban J connectivity index is 0. The molecule has 0 saturated carbocycles. The summed E-state index contributed by atoms with van der Waals surface area (Å²) < 4.78 is 11.3. The molecule has 0 radical (unpaired) electrons. The van der Waals surface area contributed by atoms with Gasteiger partial charge in [-0.15, -0.1) is 0 Å². The second-order valence-corrected chi connectivity index (χ2v) is 1.34. The van der Waals surface area contributed by atoms with Crippen molar-refractivity contribution in [3.8, 4) is 0 Å². The first-order valence-corrected chi connectivity index (χ1v) is 1.96. The third-order valence-corrected chi connectivity index (χ3v) is 0.694. The Labute approximate surface area is 73.5 Å². The molecule has 1 atom stereocenters. The first kappa shape index (κ1) is 11.8. The number of carboxylic acid groups (broad SMARTS) is 1. The molecule has 3 nitrogen and oxygen atoms in total. The molecule has 0 amide bonds. The second kappa shape index (κ2) is 4.90. The fourth-order valence-corrected chi connectivity index (χ4v) is 0.0927. The molecule has 0 aliphatic carbocycles. The minimum absolute atomic E-state index is 0. The average molecular weight is 142 g/mol. The number of aliphatic carboxylic acids is 1. The second-order valence-electron chi connectivity index (χ2n) is 1.34. The van der Waals surface area contributed by atoms with Crippen molar-refractivity contribution in [3.05, 3.63) is 0 Å². The average Bonchev–Trinajstić information content (AvgIpc) is 1.64. The summed E-state index contributed by atoms with van der Waals surface area (Å²) >= 11 is 0. The van der Waals surface area contributed by atoms with E-state index in [1.54, 1.807) is 0 Å². The third kappa shape index (κ3) is 4.57. The summed E-state index contributed by atoms with van der Waals surface area (Å²) in [5.41, 5.74) is 0. The van der Waals surface area contributed by atoms with Crippen LogP contribution in [0.25, 0.3) is 0 Å². The number of carbonyl (C=O) groups excluding carboxylic acids is 2. The van der Waals surface area contributed by atoms with E-state index in [-0.39, 0.29) is 29.6 Å². The van der Waals surface area contributed by atoms with Crippen molar-refractivity contribution < 1.29 is 48.6 Å². The predicted octanol–water partition coefficient (Wildman–Crippen LogP) is -4.13. The number of carbonyl (C=O) groups is 2. The van der Waals surface area contributed by atoms with Crippen LogP contribution in [0.5, 0.6) is 0 Å². The zero-order valence-corrected chi connectivity index (χ0v) is 7.18. The number of rotatable bonds is 2. The van der Waals surface area contributed by atoms with Gasteiger partial charge in [0.25, 0.3) is 0 Å². The van der Waals surface area contributed by atoms with Gasteiger partial charge in [0.15, 0.2) is 0 Å². The van der Waals surface area contributed by atoms with Crippen molar-refractivity contribution in [1.82, 2.24) is 0 Å². The molecule has 0 aromatic heterocycles. The van der Waals surface area contributed by atoms with Gasteiger partial charge in [-0.25, -0.2) is 0 Å². The van der Waals surface area contributed by atoms with Crippen molar-refractivity contribution >= 4 is 12.0 Å². The van der Waals surface area contributed by atoms with Crippen molar-refractivity contribution in [2.45, 2.75) is 6.92 Å².